The van der Waals surface area contributed by atoms with Crippen molar-refractivity contribution in [3.63, 3.8) is 0 Å². The number of nitrogens with zero attached hydrogens (tertiary/aromatic N) is 3. The fourth-order valence-electron chi connectivity index (χ4n) is 4.51. The number of hydrogen-bond acceptors (Lipinski definition) is 6. The number of hydrogen-bond donors (Lipinski definition) is 2. The van der Waals surface area contributed by atoms with E-state index in [-0.39, 0.29) is 12.2 Å². The topological polar surface area (TPSA) is 70.8 Å². The van der Waals surface area contributed by atoms with Crippen LogP contribution in [-0.2, 0) is 42.6 Å². The lowest BCUT2D eigenvalue weighted by Crippen LogP contribution is -2.45. The van der Waals surface area contributed by atoms with Gasteiger partial charge in [0.1, 0.15) is 10.5 Å². The molecule has 4 heterocycles. The summed E-state index contributed by atoms with van der Waals surface area (Å²) in [5.41, 5.74) is 0.326. The van der Waals surface area contributed by atoms with Gasteiger partial charge in [-0.1, -0.05) is 0 Å². The molecule has 0 bridgehead atoms. The molecule has 0 saturated carbocycles. The molecule has 1 spiro atoms. The minimum absolute atomic E-state index is 0.0546. The smallest absolute Gasteiger partial charge is 0.392 e. The number of ether oxygens (including phenoxy) is 1. The summed E-state index contributed by atoms with van der Waals surface area (Å²) < 4.78 is 85.1. The van der Waals surface area contributed by atoms with Crippen LogP contribution in [0.3, 0.4) is 0 Å². The van der Waals surface area contributed by atoms with Crippen molar-refractivity contribution in [1.29, 1.82) is 0 Å². The predicted molar refractivity (Wildman–Crippen MR) is 105 cm³/mol. The minimum Gasteiger partial charge on any atom is -0.392 e. The van der Waals surface area contributed by atoms with Gasteiger partial charge in [-0.25, -0.2) is 0 Å². The van der Waals surface area contributed by atoms with Crippen LogP contribution in [0.1, 0.15) is 39.3 Å². The Hall–Kier alpha value is -1.67. The number of aliphatic hydroxyl groups excluding tert-OH is 2. The average molecular weight is 499 g/mol. The Balaban J connectivity index is 1.44. The third-order valence-electron chi connectivity index (χ3n) is 6.17. The number of aromatic nitrogens is 2. The van der Waals surface area contributed by atoms with E-state index in [1.54, 1.807) is 0 Å². The SMILES string of the molecule is OCc1c(C(F)(F)F)sc2c1CCOC21CCN(Cc2cnn(CC(O)C(F)(F)F)c2)CC1. The van der Waals surface area contributed by atoms with Crippen molar-refractivity contribution in [2.24, 2.45) is 0 Å². The molecule has 2 aliphatic rings. The van der Waals surface area contributed by atoms with Crippen LogP contribution in [0.4, 0.5) is 26.3 Å². The number of piperidine rings is 1. The van der Waals surface area contributed by atoms with E-state index in [2.05, 4.69) is 5.10 Å². The summed E-state index contributed by atoms with van der Waals surface area (Å²) in [7, 11) is 0. The molecule has 1 saturated heterocycles. The predicted octanol–water partition coefficient (Wildman–Crippen LogP) is 3.44. The van der Waals surface area contributed by atoms with Gasteiger partial charge in [-0.2, -0.15) is 31.4 Å². The Morgan fingerprint density at radius 2 is 1.88 bits per heavy atom. The second kappa shape index (κ2) is 8.84. The van der Waals surface area contributed by atoms with E-state index in [0.717, 1.165) is 4.68 Å². The third kappa shape index (κ3) is 4.92. The van der Waals surface area contributed by atoms with Gasteiger partial charge in [0.15, 0.2) is 6.10 Å². The van der Waals surface area contributed by atoms with Gasteiger partial charge in [-0.3, -0.25) is 9.58 Å². The van der Waals surface area contributed by atoms with Crippen molar-refractivity contribution in [2.75, 3.05) is 19.7 Å². The molecule has 184 valence electrons. The summed E-state index contributed by atoms with van der Waals surface area (Å²) in [5.74, 6) is 0. The highest BCUT2D eigenvalue weighted by molar-refractivity contribution is 7.12. The van der Waals surface area contributed by atoms with Gasteiger partial charge < -0.3 is 14.9 Å². The molecule has 2 N–H and O–H groups in total. The molecule has 2 aromatic rings. The van der Waals surface area contributed by atoms with Gasteiger partial charge in [-0.05, 0) is 24.8 Å². The molecule has 1 unspecified atom stereocenters. The molecule has 33 heavy (non-hydrogen) atoms. The molecule has 0 radical (unpaired) electrons. The largest absolute Gasteiger partial charge is 0.425 e. The van der Waals surface area contributed by atoms with Crippen LogP contribution in [-0.4, -0.2) is 56.9 Å². The Morgan fingerprint density at radius 1 is 1.18 bits per heavy atom. The second-order valence-corrected chi connectivity index (χ2v) is 9.39. The number of alkyl halides is 6. The molecule has 1 atom stereocenters. The molecule has 0 amide bonds. The zero-order valence-electron chi connectivity index (χ0n) is 17.4. The molecule has 1 fully saturated rings. The Morgan fingerprint density at radius 3 is 2.48 bits per heavy atom. The zero-order valence-corrected chi connectivity index (χ0v) is 18.2. The number of halogens is 6. The van der Waals surface area contributed by atoms with Crippen molar-refractivity contribution in [3.8, 4) is 0 Å². The van der Waals surface area contributed by atoms with Gasteiger partial charge in [0, 0.05) is 41.8 Å². The lowest BCUT2D eigenvalue weighted by Gasteiger charge is -2.43. The zero-order chi connectivity index (χ0) is 24.0. The van der Waals surface area contributed by atoms with Crippen LogP contribution in [0.5, 0.6) is 0 Å². The Labute approximate surface area is 189 Å². The number of rotatable bonds is 5. The van der Waals surface area contributed by atoms with Gasteiger partial charge in [0.2, 0.25) is 0 Å². The monoisotopic (exact) mass is 499 g/mol. The van der Waals surface area contributed by atoms with Gasteiger partial charge in [-0.15, -0.1) is 11.3 Å². The average Bonchev–Trinajstić information content (AvgIpc) is 3.34. The lowest BCUT2D eigenvalue weighted by atomic mass is 9.84. The summed E-state index contributed by atoms with van der Waals surface area (Å²) >= 11 is 0.658. The van der Waals surface area contributed by atoms with Gasteiger partial charge in [0.25, 0.3) is 0 Å². The first-order valence-corrected chi connectivity index (χ1v) is 11.2. The van der Waals surface area contributed by atoms with E-state index in [4.69, 9.17) is 4.74 Å². The Kier molecular flexibility index (Phi) is 6.55. The van der Waals surface area contributed by atoms with E-state index in [1.165, 1.54) is 12.4 Å². The van der Waals surface area contributed by atoms with Crippen molar-refractivity contribution in [1.82, 2.24) is 14.7 Å². The molecule has 6 nitrogen and oxygen atoms in total. The van der Waals surface area contributed by atoms with Crippen LogP contribution in [0.25, 0.3) is 0 Å². The van der Waals surface area contributed by atoms with Crippen molar-refractivity contribution >= 4 is 11.3 Å². The van der Waals surface area contributed by atoms with Crippen LogP contribution in [0.2, 0.25) is 0 Å². The summed E-state index contributed by atoms with van der Waals surface area (Å²) in [6.07, 6.45) is -7.65. The highest BCUT2D eigenvalue weighted by Crippen LogP contribution is 2.50. The number of likely N-dealkylation sites (tertiary alicyclic amines) is 1. The normalized spacial score (nSPS) is 20.2. The van der Waals surface area contributed by atoms with Crippen molar-refractivity contribution in [2.45, 2.75) is 63.0 Å². The maximum absolute atomic E-state index is 13.5. The maximum atomic E-state index is 13.5. The molecule has 0 aromatic carbocycles. The summed E-state index contributed by atoms with van der Waals surface area (Å²) in [6, 6.07) is 0. The first-order chi connectivity index (χ1) is 15.4. The van der Waals surface area contributed by atoms with E-state index in [1.807, 2.05) is 4.90 Å². The molecule has 2 aromatic heterocycles. The second-order valence-electron chi connectivity index (χ2n) is 8.37. The molecular formula is C20H23F6N3O3S. The lowest BCUT2D eigenvalue weighted by molar-refractivity contribution is -0.208. The minimum atomic E-state index is -4.73. The fraction of sp³-hybridized carbons (Fsp3) is 0.650. The molecule has 0 aliphatic carbocycles. The molecule has 4 rings (SSSR count). The van der Waals surface area contributed by atoms with E-state index in [0.29, 0.717) is 66.2 Å². The van der Waals surface area contributed by atoms with E-state index < -0.39 is 42.1 Å². The quantitative estimate of drug-likeness (QED) is 0.617. The maximum Gasteiger partial charge on any atom is 0.425 e. The number of aliphatic hydroxyl groups is 2. The van der Waals surface area contributed by atoms with Crippen LogP contribution in [0.15, 0.2) is 12.4 Å². The van der Waals surface area contributed by atoms with Crippen molar-refractivity contribution in [3.05, 3.63) is 38.8 Å². The van der Waals surface area contributed by atoms with Crippen LogP contribution < -0.4 is 0 Å². The Bertz CT molecular complexity index is 979. The van der Waals surface area contributed by atoms with E-state index in [9.17, 15) is 36.6 Å². The standard InChI is InChI=1S/C20H23F6N3O3S/c21-19(22,23)15(31)10-29-9-12(7-27-29)8-28-4-2-18(3-5-28)16-13(1-6-32-18)14(11-30)17(33-16)20(24,25)26/h7,9,15,30-31H,1-6,8,10-11H2. The summed E-state index contributed by atoms with van der Waals surface area (Å²) in [5, 5.41) is 22.6. The van der Waals surface area contributed by atoms with Gasteiger partial charge in [0.05, 0.1) is 26.0 Å². The van der Waals surface area contributed by atoms with Crippen LogP contribution in [0, 0.1) is 0 Å². The summed E-state index contributed by atoms with van der Waals surface area (Å²) in [4.78, 5) is 1.81. The van der Waals surface area contributed by atoms with E-state index >= 15 is 0 Å². The molecular weight excluding hydrogens is 476 g/mol. The van der Waals surface area contributed by atoms with Crippen molar-refractivity contribution < 1.29 is 41.3 Å². The molecule has 2 aliphatic heterocycles. The fourth-order valence-corrected chi connectivity index (χ4v) is 5.94. The highest BCUT2D eigenvalue weighted by Gasteiger charge is 2.47. The first-order valence-electron chi connectivity index (χ1n) is 10.4. The van der Waals surface area contributed by atoms with Crippen LogP contribution >= 0.6 is 11.3 Å². The first kappa shape index (κ1) is 24.5. The number of thiophene rings is 1. The van der Waals surface area contributed by atoms with Gasteiger partial charge >= 0.3 is 12.4 Å². The molecule has 13 heteroatoms. The summed E-state index contributed by atoms with van der Waals surface area (Å²) in [6.45, 7) is 0.354. The number of fused-ring (bicyclic) bond motifs is 2. The third-order valence-corrected chi connectivity index (χ3v) is 7.68. The highest BCUT2D eigenvalue weighted by atomic mass is 32.1.